The third-order valence-electron chi connectivity index (χ3n) is 2.70. The number of rotatable bonds is 2. The molecule has 0 unspecified atom stereocenters. The van der Waals surface area contributed by atoms with Gasteiger partial charge in [-0.15, -0.1) is 0 Å². The Morgan fingerprint density at radius 3 is 1.89 bits per heavy atom. The Labute approximate surface area is 107 Å². The fraction of sp³-hybridized carbons (Fsp3) is 0.167. The van der Waals surface area contributed by atoms with E-state index in [4.69, 9.17) is 11.6 Å². The summed E-state index contributed by atoms with van der Waals surface area (Å²) in [6.07, 6.45) is 0. The van der Waals surface area contributed by atoms with Crippen molar-refractivity contribution in [3.63, 3.8) is 0 Å². The summed E-state index contributed by atoms with van der Waals surface area (Å²) in [4.78, 5) is 24.1. The van der Waals surface area contributed by atoms with E-state index in [-0.39, 0.29) is 27.6 Å². The maximum Gasteiger partial charge on any atom is 0.245 e. The van der Waals surface area contributed by atoms with Crippen molar-refractivity contribution < 1.29 is 10.2 Å². The van der Waals surface area contributed by atoms with E-state index in [2.05, 4.69) is 0 Å². The standard InChI is InChI=1S/C12H10ClNO4/c1-14(2)5-3-6(15)8(7(16)4-5)9-10(13)12(18)11(9)17/h3-4,15-16H,1-2H3. The Kier molecular flexibility index (Phi) is 2.78. The number of phenols is 2. The van der Waals surface area contributed by atoms with Crippen LogP contribution in [-0.2, 0) is 0 Å². The molecule has 94 valence electrons. The summed E-state index contributed by atoms with van der Waals surface area (Å²) in [6.45, 7) is 0. The first kappa shape index (κ1) is 12.4. The molecule has 2 aromatic rings. The molecule has 0 aliphatic carbocycles. The van der Waals surface area contributed by atoms with Crippen LogP contribution in [0.1, 0.15) is 0 Å². The highest BCUT2D eigenvalue weighted by atomic mass is 35.5. The molecule has 0 amide bonds. The average Bonchev–Trinajstić information content (AvgIpc) is 2.32. The highest BCUT2D eigenvalue weighted by Crippen LogP contribution is 2.41. The maximum atomic E-state index is 11.4. The van der Waals surface area contributed by atoms with Gasteiger partial charge in [-0.3, -0.25) is 9.59 Å². The van der Waals surface area contributed by atoms with Gasteiger partial charge in [0, 0.05) is 31.9 Å². The van der Waals surface area contributed by atoms with Crippen molar-refractivity contribution in [2.75, 3.05) is 19.0 Å². The number of halogens is 1. The molecule has 0 aromatic heterocycles. The molecular weight excluding hydrogens is 258 g/mol. The van der Waals surface area contributed by atoms with E-state index in [1.54, 1.807) is 19.0 Å². The number of anilines is 1. The lowest BCUT2D eigenvalue weighted by Gasteiger charge is -2.16. The van der Waals surface area contributed by atoms with Crippen LogP contribution in [0.25, 0.3) is 11.1 Å². The third-order valence-corrected chi connectivity index (χ3v) is 3.06. The number of phenolic OH excluding ortho intramolecular Hbond substituents is 2. The second kappa shape index (κ2) is 4.03. The largest absolute Gasteiger partial charge is 0.507 e. The topological polar surface area (TPSA) is 77.8 Å². The molecule has 18 heavy (non-hydrogen) atoms. The molecule has 6 heteroatoms. The normalized spacial score (nSPS) is 10.8. The van der Waals surface area contributed by atoms with Crippen molar-refractivity contribution in [1.29, 1.82) is 0 Å². The lowest BCUT2D eigenvalue weighted by atomic mass is 9.99. The predicted molar refractivity (Wildman–Crippen MR) is 69.5 cm³/mol. The van der Waals surface area contributed by atoms with Gasteiger partial charge in [-0.2, -0.15) is 0 Å². The highest BCUT2D eigenvalue weighted by molar-refractivity contribution is 6.34. The molecule has 2 aromatic carbocycles. The number of nitrogens with zero attached hydrogens (tertiary/aromatic N) is 1. The number of hydrogen-bond acceptors (Lipinski definition) is 5. The Hall–Kier alpha value is -2.01. The molecule has 0 bridgehead atoms. The van der Waals surface area contributed by atoms with E-state index in [0.29, 0.717) is 5.69 Å². The summed E-state index contributed by atoms with van der Waals surface area (Å²) in [5.41, 5.74) is -1.29. The van der Waals surface area contributed by atoms with Crippen LogP contribution in [0.2, 0.25) is 5.02 Å². The van der Waals surface area contributed by atoms with Crippen molar-refractivity contribution >= 4 is 17.3 Å². The van der Waals surface area contributed by atoms with E-state index >= 15 is 0 Å². The molecule has 5 nitrogen and oxygen atoms in total. The molecule has 0 aliphatic rings. The first-order valence-electron chi connectivity index (χ1n) is 5.07. The second-order valence-electron chi connectivity index (χ2n) is 4.10. The van der Waals surface area contributed by atoms with E-state index in [1.807, 2.05) is 0 Å². The second-order valence-corrected chi connectivity index (χ2v) is 4.48. The first-order valence-corrected chi connectivity index (χ1v) is 5.45. The van der Waals surface area contributed by atoms with Crippen LogP contribution in [0.15, 0.2) is 21.7 Å². The van der Waals surface area contributed by atoms with Gasteiger partial charge < -0.3 is 15.1 Å². The summed E-state index contributed by atoms with van der Waals surface area (Å²) in [5, 5.41) is 19.4. The molecule has 0 aliphatic heterocycles. The fourth-order valence-electron chi connectivity index (χ4n) is 1.70. The number of benzene rings is 1. The molecule has 0 spiro atoms. The van der Waals surface area contributed by atoms with Crippen molar-refractivity contribution in [3.8, 4) is 22.6 Å². The van der Waals surface area contributed by atoms with Crippen LogP contribution in [-0.4, -0.2) is 24.3 Å². The number of aromatic hydroxyl groups is 2. The van der Waals surface area contributed by atoms with Crippen LogP contribution in [0.5, 0.6) is 11.5 Å². The lowest BCUT2D eigenvalue weighted by Crippen LogP contribution is -2.33. The van der Waals surface area contributed by atoms with Gasteiger partial charge in [-0.25, -0.2) is 0 Å². The van der Waals surface area contributed by atoms with Gasteiger partial charge in [0.25, 0.3) is 0 Å². The van der Waals surface area contributed by atoms with Gasteiger partial charge in [0.2, 0.25) is 10.9 Å². The summed E-state index contributed by atoms with van der Waals surface area (Å²) < 4.78 is 0. The monoisotopic (exact) mass is 267 g/mol. The molecule has 0 saturated heterocycles. The molecule has 0 radical (unpaired) electrons. The summed E-state index contributed by atoms with van der Waals surface area (Å²) in [5.74, 6) is -0.597. The summed E-state index contributed by atoms with van der Waals surface area (Å²) in [7, 11) is 3.47. The molecule has 0 saturated carbocycles. The predicted octanol–water partition coefficient (Wildman–Crippen LogP) is 1.08. The van der Waals surface area contributed by atoms with Gasteiger partial charge in [-0.1, -0.05) is 11.6 Å². The van der Waals surface area contributed by atoms with Crippen LogP contribution in [0.3, 0.4) is 0 Å². The van der Waals surface area contributed by atoms with Gasteiger partial charge in [0.05, 0.1) is 11.1 Å². The average molecular weight is 268 g/mol. The Morgan fingerprint density at radius 2 is 1.50 bits per heavy atom. The van der Waals surface area contributed by atoms with Crippen molar-refractivity contribution in [2.24, 2.45) is 0 Å². The SMILES string of the molecule is CN(C)c1cc(O)c(-c2c(Cl)c(=O)c2=O)c(O)c1. The van der Waals surface area contributed by atoms with Crippen molar-refractivity contribution in [2.45, 2.75) is 0 Å². The molecule has 2 rings (SSSR count). The minimum absolute atomic E-state index is 0.102. The van der Waals surface area contributed by atoms with E-state index < -0.39 is 10.9 Å². The Balaban J connectivity index is 2.68. The Bertz CT molecular complexity index is 675. The molecule has 0 fully saturated rings. The van der Waals surface area contributed by atoms with Gasteiger partial charge >= 0.3 is 0 Å². The minimum atomic E-state index is -0.804. The zero-order valence-electron chi connectivity index (χ0n) is 9.69. The lowest BCUT2D eigenvalue weighted by molar-refractivity contribution is 0.454. The van der Waals surface area contributed by atoms with Crippen LogP contribution in [0.4, 0.5) is 5.69 Å². The quantitative estimate of drug-likeness (QED) is 0.796. The van der Waals surface area contributed by atoms with Crippen LogP contribution < -0.4 is 15.8 Å². The van der Waals surface area contributed by atoms with E-state index in [9.17, 15) is 19.8 Å². The zero-order chi connectivity index (χ0) is 13.6. The third kappa shape index (κ3) is 1.64. The molecule has 0 heterocycles. The smallest absolute Gasteiger partial charge is 0.245 e. The molecule has 2 N–H and O–H groups in total. The zero-order valence-corrected chi connectivity index (χ0v) is 10.4. The first-order chi connectivity index (χ1) is 8.34. The van der Waals surface area contributed by atoms with Gasteiger partial charge in [0.1, 0.15) is 16.5 Å². The minimum Gasteiger partial charge on any atom is -0.507 e. The molecule has 0 atom stereocenters. The number of hydrogen-bond donors (Lipinski definition) is 2. The van der Waals surface area contributed by atoms with Crippen molar-refractivity contribution in [3.05, 3.63) is 37.6 Å². The summed E-state index contributed by atoms with van der Waals surface area (Å²) >= 11 is 5.62. The molecular formula is C12H10ClNO4. The summed E-state index contributed by atoms with van der Waals surface area (Å²) in [6, 6.07) is 2.75. The van der Waals surface area contributed by atoms with Gasteiger partial charge in [0.15, 0.2) is 0 Å². The van der Waals surface area contributed by atoms with Gasteiger partial charge in [-0.05, 0) is 0 Å². The van der Waals surface area contributed by atoms with E-state index in [1.165, 1.54) is 12.1 Å². The Morgan fingerprint density at radius 1 is 1.00 bits per heavy atom. The maximum absolute atomic E-state index is 11.4. The van der Waals surface area contributed by atoms with E-state index in [0.717, 1.165) is 0 Å². The van der Waals surface area contributed by atoms with Crippen LogP contribution in [0, 0.1) is 0 Å². The highest BCUT2D eigenvalue weighted by Gasteiger charge is 2.26. The fourth-order valence-corrected chi connectivity index (χ4v) is 1.97. The van der Waals surface area contributed by atoms with Crippen LogP contribution >= 0.6 is 11.6 Å². The van der Waals surface area contributed by atoms with Crippen molar-refractivity contribution in [1.82, 2.24) is 0 Å².